The van der Waals surface area contributed by atoms with Gasteiger partial charge in [-0.3, -0.25) is 0 Å². The Labute approximate surface area is 114 Å². The van der Waals surface area contributed by atoms with Crippen LogP contribution in [0.3, 0.4) is 0 Å². The summed E-state index contributed by atoms with van der Waals surface area (Å²) < 4.78 is 4.24. The number of rotatable bonds is 4. The van der Waals surface area contributed by atoms with E-state index in [2.05, 4.69) is 4.74 Å². The molecule has 0 aromatic rings. The van der Waals surface area contributed by atoms with Crippen molar-refractivity contribution in [1.29, 1.82) is 0 Å². The molecule has 0 saturated heterocycles. The van der Waals surface area contributed by atoms with Crippen LogP contribution in [-0.4, -0.2) is 25.2 Å². The Hall–Kier alpha value is 0.900. The smallest absolute Gasteiger partial charge is 0.550 e. The van der Waals surface area contributed by atoms with Crippen molar-refractivity contribution >= 4 is 11.9 Å². The number of aliphatic carboxylic acids is 2. The normalized spacial score (nSPS) is 10.4. The van der Waals surface area contributed by atoms with Gasteiger partial charge >= 0.3 is 59.1 Å². The Morgan fingerprint density at radius 2 is 1.75 bits per heavy atom. The number of carboxylic acid groups (broad SMARTS) is 2. The zero-order chi connectivity index (χ0) is 8.15. The van der Waals surface area contributed by atoms with Crippen LogP contribution >= 0.6 is 0 Å². The van der Waals surface area contributed by atoms with Gasteiger partial charge in [-0.1, -0.05) is 0 Å². The monoisotopic (exact) mass is 192 g/mol. The van der Waals surface area contributed by atoms with Gasteiger partial charge in [0.05, 0.1) is 5.97 Å². The molecule has 7 heteroatoms. The van der Waals surface area contributed by atoms with Gasteiger partial charge in [-0.25, -0.2) is 0 Å². The number of ether oxygens (including phenoxy) is 1. The molecule has 0 aromatic heterocycles. The molecule has 5 nitrogen and oxygen atoms in total. The SMILES string of the molecule is COC(CC(=O)[O-])C(=O)[O-].[Na+].[Na+]. The van der Waals surface area contributed by atoms with E-state index in [-0.39, 0.29) is 59.1 Å². The third-order valence-electron chi connectivity index (χ3n) is 0.899. The number of hydrogen-bond donors (Lipinski definition) is 0. The maximum atomic E-state index is 9.94. The van der Waals surface area contributed by atoms with Crippen LogP contribution in [-0.2, 0) is 14.3 Å². The summed E-state index contributed by atoms with van der Waals surface area (Å²) in [6.45, 7) is 0. The van der Waals surface area contributed by atoms with Gasteiger partial charge in [-0.2, -0.15) is 0 Å². The topological polar surface area (TPSA) is 89.5 Å². The van der Waals surface area contributed by atoms with E-state index < -0.39 is 24.5 Å². The van der Waals surface area contributed by atoms with Crippen LogP contribution in [0.2, 0.25) is 0 Å². The average Bonchev–Trinajstić information content (AvgIpc) is 1.81. The maximum absolute atomic E-state index is 9.94. The van der Waals surface area contributed by atoms with Gasteiger partial charge in [0.1, 0.15) is 6.10 Å². The Morgan fingerprint density at radius 3 is 1.83 bits per heavy atom. The van der Waals surface area contributed by atoms with E-state index in [1.54, 1.807) is 0 Å². The van der Waals surface area contributed by atoms with Crippen molar-refractivity contribution in [2.24, 2.45) is 0 Å². The molecule has 0 aliphatic carbocycles. The zero-order valence-corrected chi connectivity index (χ0v) is 11.3. The van der Waals surface area contributed by atoms with Crippen molar-refractivity contribution in [3.8, 4) is 0 Å². The van der Waals surface area contributed by atoms with E-state index in [0.717, 1.165) is 7.11 Å². The second-order valence-electron chi connectivity index (χ2n) is 1.62. The van der Waals surface area contributed by atoms with E-state index in [1.165, 1.54) is 0 Å². The Kier molecular flexibility index (Phi) is 15.5. The standard InChI is InChI=1S/C5H8O5.2Na/c1-10-3(5(8)9)2-4(6)7;;/h3H,2H2,1H3,(H,6,7)(H,8,9);;/q;2*+1/p-2. The minimum atomic E-state index is -1.55. The third-order valence-corrected chi connectivity index (χ3v) is 0.899. The fraction of sp³-hybridized carbons (Fsp3) is 0.600. The Morgan fingerprint density at radius 1 is 1.33 bits per heavy atom. The van der Waals surface area contributed by atoms with Crippen molar-refractivity contribution in [3.63, 3.8) is 0 Å². The molecule has 0 heterocycles. The van der Waals surface area contributed by atoms with Crippen LogP contribution in [0.4, 0.5) is 0 Å². The first-order chi connectivity index (χ1) is 4.57. The molecule has 0 aliphatic rings. The fourth-order valence-electron chi connectivity index (χ4n) is 0.414. The number of carbonyl (C=O) groups is 2. The molecule has 0 aromatic carbocycles. The van der Waals surface area contributed by atoms with Crippen LogP contribution in [0, 0.1) is 0 Å². The molecule has 0 amide bonds. The van der Waals surface area contributed by atoms with Crippen molar-refractivity contribution in [3.05, 3.63) is 0 Å². The van der Waals surface area contributed by atoms with Crippen LogP contribution in [0.25, 0.3) is 0 Å². The van der Waals surface area contributed by atoms with E-state index in [1.807, 2.05) is 0 Å². The maximum Gasteiger partial charge on any atom is 1.00 e. The van der Waals surface area contributed by atoms with Crippen LogP contribution in [0.5, 0.6) is 0 Å². The van der Waals surface area contributed by atoms with Gasteiger partial charge in [0.2, 0.25) is 0 Å². The molecule has 0 aliphatic heterocycles. The molecule has 0 rings (SSSR count). The minimum absolute atomic E-state index is 0. The molecule has 0 bridgehead atoms. The van der Waals surface area contributed by atoms with Crippen molar-refractivity contribution in [2.75, 3.05) is 7.11 Å². The quantitative estimate of drug-likeness (QED) is 0.412. The van der Waals surface area contributed by atoms with E-state index in [0.29, 0.717) is 0 Å². The second-order valence-corrected chi connectivity index (χ2v) is 1.62. The van der Waals surface area contributed by atoms with Crippen LogP contribution in [0.15, 0.2) is 0 Å². The largest absolute Gasteiger partial charge is 1.00 e. The van der Waals surface area contributed by atoms with Gasteiger partial charge in [-0.05, 0) is 0 Å². The van der Waals surface area contributed by atoms with Crippen molar-refractivity contribution < 1.29 is 83.7 Å². The van der Waals surface area contributed by atoms with Gasteiger partial charge in [0.25, 0.3) is 0 Å². The van der Waals surface area contributed by atoms with Crippen molar-refractivity contribution in [2.45, 2.75) is 12.5 Å². The summed E-state index contributed by atoms with van der Waals surface area (Å²) in [4.78, 5) is 19.7. The molecule has 12 heavy (non-hydrogen) atoms. The first-order valence-electron chi connectivity index (χ1n) is 2.51. The van der Waals surface area contributed by atoms with Crippen LogP contribution < -0.4 is 69.3 Å². The molecule has 0 fully saturated rings. The minimum Gasteiger partial charge on any atom is -0.550 e. The van der Waals surface area contributed by atoms with E-state index >= 15 is 0 Å². The summed E-state index contributed by atoms with van der Waals surface area (Å²) in [6, 6.07) is 0. The summed E-state index contributed by atoms with van der Waals surface area (Å²) in [5.41, 5.74) is 0. The summed E-state index contributed by atoms with van der Waals surface area (Å²) in [6.07, 6.45) is -2.09. The number of carbonyl (C=O) groups excluding carboxylic acids is 2. The fourth-order valence-corrected chi connectivity index (χ4v) is 0.414. The number of methoxy groups -OCH3 is 1. The predicted molar refractivity (Wildman–Crippen MR) is 25.4 cm³/mol. The van der Waals surface area contributed by atoms with Gasteiger partial charge < -0.3 is 24.5 Å². The Bertz CT molecular complexity index is 149. The molecule has 1 unspecified atom stereocenters. The molecular weight excluding hydrogens is 186 g/mol. The number of carboxylic acids is 2. The second kappa shape index (κ2) is 9.98. The van der Waals surface area contributed by atoms with Gasteiger partial charge in [0, 0.05) is 19.5 Å². The zero-order valence-electron chi connectivity index (χ0n) is 7.33. The summed E-state index contributed by atoms with van der Waals surface area (Å²) >= 11 is 0. The third kappa shape index (κ3) is 8.99. The summed E-state index contributed by atoms with van der Waals surface area (Å²) in [5, 5.41) is 19.7. The van der Waals surface area contributed by atoms with Crippen molar-refractivity contribution in [1.82, 2.24) is 0 Å². The molecule has 0 spiro atoms. The molecular formula is C5H6Na2O5. The van der Waals surface area contributed by atoms with E-state index in [4.69, 9.17) is 0 Å². The molecule has 0 saturated carbocycles. The predicted octanol–water partition coefficient (Wildman–Crippen LogP) is -9.10. The first kappa shape index (κ1) is 18.6. The van der Waals surface area contributed by atoms with E-state index in [9.17, 15) is 19.8 Å². The molecule has 0 radical (unpaired) electrons. The van der Waals surface area contributed by atoms with Gasteiger partial charge in [0.15, 0.2) is 0 Å². The molecule has 1 atom stereocenters. The average molecular weight is 192 g/mol. The summed E-state index contributed by atoms with van der Waals surface area (Å²) in [7, 11) is 1.09. The molecule has 58 valence electrons. The van der Waals surface area contributed by atoms with Gasteiger partial charge in [-0.15, -0.1) is 0 Å². The first-order valence-corrected chi connectivity index (χ1v) is 2.51. The Balaban J connectivity index is -0.000000405. The summed E-state index contributed by atoms with van der Waals surface area (Å²) in [5.74, 6) is -3.03. The number of hydrogen-bond acceptors (Lipinski definition) is 5. The molecule has 0 N–H and O–H groups in total. The van der Waals surface area contributed by atoms with Crippen LogP contribution in [0.1, 0.15) is 6.42 Å².